The van der Waals surface area contributed by atoms with E-state index in [-0.39, 0.29) is 13.1 Å². The Morgan fingerprint density at radius 2 is 2.10 bits per heavy atom. The van der Waals surface area contributed by atoms with Crippen molar-refractivity contribution < 1.29 is 18.3 Å². The molecule has 2 fully saturated rings. The van der Waals surface area contributed by atoms with Crippen LogP contribution in [0.4, 0.5) is 25.0 Å². The molecule has 0 N–H and O–H groups in total. The molecule has 1 amide bonds. The van der Waals surface area contributed by atoms with Crippen LogP contribution in [-0.2, 0) is 11.3 Å². The number of hydrogen-bond donors (Lipinski definition) is 0. The smallest absolute Gasteiger partial charge is 0.414 e. The van der Waals surface area contributed by atoms with E-state index < -0.39 is 24.0 Å². The van der Waals surface area contributed by atoms with Crippen molar-refractivity contribution in [2.75, 3.05) is 29.4 Å². The van der Waals surface area contributed by atoms with Crippen LogP contribution >= 0.6 is 0 Å². The lowest BCUT2D eigenvalue weighted by molar-refractivity contribution is 0.129. The van der Waals surface area contributed by atoms with Crippen molar-refractivity contribution >= 4 is 17.5 Å². The summed E-state index contributed by atoms with van der Waals surface area (Å²) in [5.74, 6) is -1.14. The maximum Gasteiger partial charge on any atom is 0.414 e. The summed E-state index contributed by atoms with van der Waals surface area (Å²) in [4.78, 5) is 15.5. The highest BCUT2D eigenvalue weighted by atomic mass is 19.1. The van der Waals surface area contributed by atoms with Crippen molar-refractivity contribution in [3.8, 4) is 6.07 Å². The van der Waals surface area contributed by atoms with Crippen LogP contribution in [0.2, 0.25) is 0 Å². The van der Waals surface area contributed by atoms with Crippen LogP contribution in [-0.4, -0.2) is 46.8 Å². The fraction of sp³-hybridized carbons (Fsp3) is 0.400. The number of piperidine rings is 1. The molecule has 2 aromatic rings. The van der Waals surface area contributed by atoms with Gasteiger partial charge in [0.15, 0.2) is 0 Å². The van der Waals surface area contributed by atoms with Gasteiger partial charge in [-0.05, 0) is 38.0 Å². The first-order valence-corrected chi connectivity index (χ1v) is 9.61. The van der Waals surface area contributed by atoms with Crippen LogP contribution in [0, 0.1) is 23.1 Å². The molecular weight excluding hydrogens is 394 g/mol. The molecule has 0 saturated carbocycles. The van der Waals surface area contributed by atoms with Crippen molar-refractivity contribution in [1.29, 1.82) is 5.26 Å². The predicted molar refractivity (Wildman–Crippen MR) is 104 cm³/mol. The molecule has 4 rings (SSSR count). The molecule has 3 heterocycles. The number of allylic oxidation sites excluding steroid dienone is 1. The molecule has 0 spiro atoms. The Kier molecular flexibility index (Phi) is 5.35. The minimum Gasteiger partial charge on any atom is -0.442 e. The Balaban J connectivity index is 1.43. The van der Waals surface area contributed by atoms with Crippen LogP contribution in [0.3, 0.4) is 0 Å². The van der Waals surface area contributed by atoms with Gasteiger partial charge in [-0.15, -0.1) is 0 Å². The third kappa shape index (κ3) is 3.96. The lowest BCUT2D eigenvalue weighted by atomic mass is 9.99. The normalized spacial score (nSPS) is 19.1. The molecule has 1 atom stereocenters. The number of halogens is 2. The second-order valence-corrected chi connectivity index (χ2v) is 7.34. The first kappa shape index (κ1) is 19.8. The summed E-state index contributed by atoms with van der Waals surface area (Å²) in [5, 5.41) is 15.9. The minimum atomic E-state index is -0.711. The van der Waals surface area contributed by atoms with Crippen molar-refractivity contribution in [3.63, 3.8) is 0 Å². The fourth-order valence-electron chi connectivity index (χ4n) is 3.79. The summed E-state index contributed by atoms with van der Waals surface area (Å²) in [7, 11) is 0. The number of benzene rings is 1. The molecule has 0 radical (unpaired) electrons. The van der Waals surface area contributed by atoms with Gasteiger partial charge in [-0.1, -0.05) is 15.9 Å². The Morgan fingerprint density at radius 3 is 2.73 bits per heavy atom. The van der Waals surface area contributed by atoms with Crippen molar-refractivity contribution in [1.82, 2.24) is 15.0 Å². The highest BCUT2D eigenvalue weighted by Crippen LogP contribution is 2.31. The standard InChI is InChI=1S/C20H20F2N6O2/c1-13(9-23)14-4-6-26(7-5-14)18-3-2-15(8-17(18)21)28-11-16(30-20(28)29)10-27-12-19(22)24-25-27/h2-3,8,12,16H,4-7,10-11H2,1H3/t16-/m0/s1. The number of ether oxygens (including phenoxy) is 1. The lowest BCUT2D eigenvalue weighted by Crippen LogP contribution is -2.32. The van der Waals surface area contributed by atoms with Crippen LogP contribution < -0.4 is 9.80 Å². The van der Waals surface area contributed by atoms with E-state index in [1.165, 1.54) is 15.6 Å². The van der Waals surface area contributed by atoms with Gasteiger partial charge in [0.05, 0.1) is 36.7 Å². The van der Waals surface area contributed by atoms with Gasteiger partial charge in [-0.3, -0.25) is 4.90 Å². The summed E-state index contributed by atoms with van der Waals surface area (Å²) in [6.07, 6.45) is 1.43. The second-order valence-electron chi connectivity index (χ2n) is 7.34. The van der Waals surface area contributed by atoms with E-state index >= 15 is 0 Å². The van der Waals surface area contributed by atoms with Crippen molar-refractivity contribution in [3.05, 3.63) is 47.3 Å². The molecule has 0 aliphatic carbocycles. The molecule has 0 unspecified atom stereocenters. The fourth-order valence-corrected chi connectivity index (χ4v) is 3.79. The summed E-state index contributed by atoms with van der Waals surface area (Å²) in [5.41, 5.74) is 2.71. The van der Waals surface area contributed by atoms with Gasteiger partial charge in [0.1, 0.15) is 11.9 Å². The monoisotopic (exact) mass is 414 g/mol. The number of cyclic esters (lactones) is 1. The number of carbonyl (C=O) groups excluding carboxylic acids is 1. The number of anilines is 2. The van der Waals surface area contributed by atoms with Gasteiger partial charge >= 0.3 is 6.09 Å². The number of amides is 1. The highest BCUT2D eigenvalue weighted by Gasteiger charge is 2.33. The predicted octanol–water partition coefficient (Wildman–Crippen LogP) is 3.02. The summed E-state index contributed by atoms with van der Waals surface area (Å²) in [6.45, 7) is 3.43. The maximum atomic E-state index is 14.8. The lowest BCUT2D eigenvalue weighted by Gasteiger charge is -2.31. The van der Waals surface area contributed by atoms with Crippen molar-refractivity contribution in [2.45, 2.75) is 32.4 Å². The third-order valence-corrected chi connectivity index (χ3v) is 5.42. The van der Waals surface area contributed by atoms with E-state index in [0.29, 0.717) is 24.5 Å². The number of aromatic nitrogens is 3. The molecule has 30 heavy (non-hydrogen) atoms. The Hall–Kier alpha value is -3.48. The zero-order chi connectivity index (χ0) is 21.3. The minimum absolute atomic E-state index is 0.158. The zero-order valence-corrected chi connectivity index (χ0v) is 16.4. The summed E-state index contributed by atoms with van der Waals surface area (Å²) in [6, 6.07) is 6.83. The van der Waals surface area contributed by atoms with E-state index in [0.717, 1.165) is 30.2 Å². The molecular formula is C20H20F2N6O2. The van der Waals surface area contributed by atoms with Gasteiger partial charge in [-0.25, -0.2) is 13.9 Å². The molecule has 1 aromatic carbocycles. The summed E-state index contributed by atoms with van der Waals surface area (Å²) >= 11 is 0. The van der Waals surface area contributed by atoms with E-state index in [1.807, 2.05) is 11.8 Å². The number of hydrogen-bond acceptors (Lipinski definition) is 6. The molecule has 1 aromatic heterocycles. The third-order valence-electron chi connectivity index (χ3n) is 5.42. The topological polar surface area (TPSA) is 87.3 Å². The van der Waals surface area contributed by atoms with Gasteiger partial charge in [-0.2, -0.15) is 9.65 Å². The second kappa shape index (κ2) is 8.10. The van der Waals surface area contributed by atoms with E-state index in [9.17, 15) is 13.6 Å². The number of nitriles is 1. The highest BCUT2D eigenvalue weighted by molar-refractivity contribution is 5.90. The van der Waals surface area contributed by atoms with Crippen LogP contribution in [0.25, 0.3) is 0 Å². The average molecular weight is 414 g/mol. The first-order valence-electron chi connectivity index (χ1n) is 9.61. The Morgan fingerprint density at radius 1 is 1.33 bits per heavy atom. The summed E-state index contributed by atoms with van der Waals surface area (Å²) < 4.78 is 34.3. The molecule has 2 saturated heterocycles. The number of rotatable bonds is 4. The Labute approximate surface area is 171 Å². The molecule has 2 aliphatic heterocycles. The Bertz CT molecular complexity index is 1030. The molecule has 10 heteroatoms. The molecule has 2 aliphatic rings. The number of nitrogens with zero attached hydrogens (tertiary/aromatic N) is 6. The van der Waals surface area contributed by atoms with E-state index in [1.54, 1.807) is 12.1 Å². The SMILES string of the molecule is CC(C#N)=C1CCN(c2ccc(N3C[C@H](Cn4cc(F)nn4)OC3=O)cc2F)CC1. The first-order chi connectivity index (χ1) is 14.4. The number of carbonyl (C=O) groups is 1. The van der Waals surface area contributed by atoms with Gasteiger partial charge in [0, 0.05) is 18.7 Å². The van der Waals surface area contributed by atoms with Gasteiger partial charge in [0.25, 0.3) is 5.95 Å². The molecule has 0 bridgehead atoms. The molecule has 156 valence electrons. The average Bonchev–Trinajstić information content (AvgIpc) is 3.32. The quantitative estimate of drug-likeness (QED) is 0.715. The van der Waals surface area contributed by atoms with Gasteiger partial charge in [0.2, 0.25) is 0 Å². The van der Waals surface area contributed by atoms with E-state index in [4.69, 9.17) is 10.00 Å². The largest absolute Gasteiger partial charge is 0.442 e. The van der Waals surface area contributed by atoms with E-state index in [2.05, 4.69) is 16.4 Å². The van der Waals surface area contributed by atoms with Crippen LogP contribution in [0.1, 0.15) is 19.8 Å². The van der Waals surface area contributed by atoms with Crippen LogP contribution in [0.15, 0.2) is 35.5 Å². The van der Waals surface area contributed by atoms with Crippen LogP contribution in [0.5, 0.6) is 0 Å². The zero-order valence-electron chi connectivity index (χ0n) is 16.4. The van der Waals surface area contributed by atoms with Gasteiger partial charge < -0.3 is 9.64 Å². The maximum absolute atomic E-state index is 14.8. The molecule has 8 nitrogen and oxygen atoms in total. The van der Waals surface area contributed by atoms with Crippen molar-refractivity contribution in [2.24, 2.45) is 0 Å².